The first-order valence-corrected chi connectivity index (χ1v) is 4.23. The first-order chi connectivity index (χ1) is 4.74. The largest absolute Gasteiger partial charge is 0.392 e. The molecule has 0 saturated heterocycles. The first kappa shape index (κ1) is 8.17. The predicted molar refractivity (Wildman–Crippen MR) is 45.6 cm³/mol. The van der Waals surface area contributed by atoms with Crippen LogP contribution in [0.15, 0.2) is 21.3 Å². The number of aliphatic hydroxyl groups excluding tert-OH is 1. The maximum Gasteiger partial charge on any atom is 0.120 e. The highest BCUT2D eigenvalue weighted by Gasteiger charge is 1.97. The summed E-state index contributed by atoms with van der Waals surface area (Å²) in [7, 11) is 0. The lowest BCUT2D eigenvalue weighted by Crippen LogP contribution is -1.85. The van der Waals surface area contributed by atoms with Crippen LogP contribution in [0, 0.1) is 0 Å². The zero-order valence-corrected chi connectivity index (χ0v) is 8.18. The second-order valence-corrected chi connectivity index (χ2v) is 3.38. The molecule has 0 atom stereocenters. The van der Waals surface area contributed by atoms with Crippen LogP contribution in [0.5, 0.6) is 0 Å². The van der Waals surface area contributed by atoms with Crippen molar-refractivity contribution in [1.82, 2.24) is 4.98 Å². The molecule has 1 aromatic heterocycles. The molecular weight excluding hydrogens is 262 g/mol. The molecule has 1 aromatic rings. The van der Waals surface area contributed by atoms with E-state index in [4.69, 9.17) is 5.11 Å². The maximum atomic E-state index is 8.68. The zero-order chi connectivity index (χ0) is 7.56. The van der Waals surface area contributed by atoms with E-state index >= 15 is 0 Å². The molecular formula is C6H5Br2NO. The van der Waals surface area contributed by atoms with E-state index in [9.17, 15) is 0 Å². The lowest BCUT2D eigenvalue weighted by Gasteiger charge is -1.96. The van der Waals surface area contributed by atoms with E-state index in [2.05, 4.69) is 36.8 Å². The van der Waals surface area contributed by atoms with Crippen LogP contribution in [-0.4, -0.2) is 10.1 Å². The average Bonchev–Trinajstić information content (AvgIpc) is 1.95. The molecule has 4 heteroatoms. The molecule has 1 rings (SSSR count). The monoisotopic (exact) mass is 265 g/mol. The molecule has 0 bridgehead atoms. The summed E-state index contributed by atoms with van der Waals surface area (Å²) in [4.78, 5) is 3.96. The minimum atomic E-state index is 0.0267. The van der Waals surface area contributed by atoms with Crippen LogP contribution >= 0.6 is 31.9 Å². The van der Waals surface area contributed by atoms with Crippen LogP contribution < -0.4 is 0 Å². The fourth-order valence-corrected chi connectivity index (χ4v) is 1.16. The summed E-state index contributed by atoms with van der Waals surface area (Å²) in [6, 6.07) is 1.82. The van der Waals surface area contributed by atoms with Crippen molar-refractivity contribution in [3.05, 3.63) is 26.9 Å². The molecule has 0 aliphatic carbocycles. The average molecular weight is 267 g/mol. The standard InChI is InChI=1S/C6H5Br2NO/c7-5-1-4(3-10)2-9-6(5)8/h1-2,10H,3H2. The lowest BCUT2D eigenvalue weighted by atomic mass is 10.3. The summed E-state index contributed by atoms with van der Waals surface area (Å²) in [6.07, 6.45) is 1.62. The van der Waals surface area contributed by atoms with Crippen molar-refractivity contribution in [3.63, 3.8) is 0 Å². The third-order valence-corrected chi connectivity index (χ3v) is 2.80. The Morgan fingerprint density at radius 3 is 2.70 bits per heavy atom. The van der Waals surface area contributed by atoms with Crippen LogP contribution in [0.4, 0.5) is 0 Å². The Labute approximate surface area is 75.5 Å². The lowest BCUT2D eigenvalue weighted by molar-refractivity contribution is 0.281. The predicted octanol–water partition coefficient (Wildman–Crippen LogP) is 2.10. The number of rotatable bonds is 1. The first-order valence-electron chi connectivity index (χ1n) is 2.65. The number of aromatic nitrogens is 1. The smallest absolute Gasteiger partial charge is 0.120 e. The van der Waals surface area contributed by atoms with Crippen LogP contribution in [0.1, 0.15) is 5.56 Å². The number of nitrogens with zero attached hydrogens (tertiary/aromatic N) is 1. The number of aliphatic hydroxyl groups is 1. The summed E-state index contributed by atoms with van der Waals surface area (Å²) < 4.78 is 1.61. The third kappa shape index (κ3) is 1.78. The Balaban J connectivity index is 3.04. The van der Waals surface area contributed by atoms with Gasteiger partial charge < -0.3 is 5.11 Å². The van der Waals surface area contributed by atoms with E-state index < -0.39 is 0 Å². The van der Waals surface area contributed by atoms with E-state index in [1.165, 1.54) is 0 Å². The van der Waals surface area contributed by atoms with Crippen molar-refractivity contribution in [1.29, 1.82) is 0 Å². The zero-order valence-electron chi connectivity index (χ0n) is 5.01. The SMILES string of the molecule is OCc1cnc(Br)c(Br)c1. The van der Waals surface area contributed by atoms with Gasteiger partial charge in [0, 0.05) is 6.20 Å². The van der Waals surface area contributed by atoms with Crippen molar-refractivity contribution < 1.29 is 5.11 Å². The molecule has 54 valence electrons. The van der Waals surface area contributed by atoms with Gasteiger partial charge in [-0.25, -0.2) is 4.98 Å². The Morgan fingerprint density at radius 2 is 2.20 bits per heavy atom. The van der Waals surface area contributed by atoms with Crippen molar-refractivity contribution in [2.75, 3.05) is 0 Å². The fraction of sp³-hybridized carbons (Fsp3) is 0.167. The Kier molecular flexibility index (Phi) is 2.82. The van der Waals surface area contributed by atoms with Crippen LogP contribution in [0.25, 0.3) is 0 Å². The van der Waals surface area contributed by atoms with Crippen molar-refractivity contribution in [3.8, 4) is 0 Å². The summed E-state index contributed by atoms with van der Waals surface area (Å²) in [6.45, 7) is 0.0267. The summed E-state index contributed by atoms with van der Waals surface area (Å²) in [5.74, 6) is 0. The maximum absolute atomic E-state index is 8.68. The number of halogens is 2. The van der Waals surface area contributed by atoms with Gasteiger partial charge >= 0.3 is 0 Å². The molecule has 10 heavy (non-hydrogen) atoms. The van der Waals surface area contributed by atoms with Crippen molar-refractivity contribution in [2.24, 2.45) is 0 Å². The molecule has 1 N–H and O–H groups in total. The normalized spacial score (nSPS) is 9.90. The topological polar surface area (TPSA) is 33.1 Å². The second kappa shape index (κ2) is 3.46. The molecule has 0 aromatic carbocycles. The van der Waals surface area contributed by atoms with Gasteiger partial charge in [-0.05, 0) is 43.5 Å². The molecule has 0 radical (unpaired) electrons. The summed E-state index contributed by atoms with van der Waals surface area (Å²) >= 11 is 6.49. The Morgan fingerprint density at radius 1 is 1.50 bits per heavy atom. The molecule has 0 amide bonds. The molecule has 0 aliphatic heterocycles. The Bertz CT molecular complexity index is 239. The molecule has 0 aliphatic rings. The van der Waals surface area contributed by atoms with Gasteiger partial charge in [-0.2, -0.15) is 0 Å². The highest BCUT2D eigenvalue weighted by atomic mass is 79.9. The highest BCUT2D eigenvalue weighted by molar-refractivity contribution is 9.13. The minimum Gasteiger partial charge on any atom is -0.392 e. The van der Waals surface area contributed by atoms with Gasteiger partial charge in [0.1, 0.15) is 4.60 Å². The molecule has 0 fully saturated rings. The highest BCUT2D eigenvalue weighted by Crippen LogP contribution is 2.20. The van der Waals surface area contributed by atoms with Gasteiger partial charge in [0.2, 0.25) is 0 Å². The van der Waals surface area contributed by atoms with E-state index in [1.807, 2.05) is 6.07 Å². The molecule has 0 spiro atoms. The van der Waals surface area contributed by atoms with E-state index in [-0.39, 0.29) is 6.61 Å². The van der Waals surface area contributed by atoms with Gasteiger partial charge in [-0.3, -0.25) is 0 Å². The van der Waals surface area contributed by atoms with Crippen LogP contribution in [0.2, 0.25) is 0 Å². The molecule has 0 saturated carbocycles. The van der Waals surface area contributed by atoms with Crippen molar-refractivity contribution >= 4 is 31.9 Å². The van der Waals surface area contributed by atoms with Gasteiger partial charge in [-0.1, -0.05) is 0 Å². The third-order valence-electron chi connectivity index (χ3n) is 1.04. The van der Waals surface area contributed by atoms with E-state index in [1.54, 1.807) is 6.20 Å². The van der Waals surface area contributed by atoms with Crippen LogP contribution in [-0.2, 0) is 6.61 Å². The Hall–Kier alpha value is 0.0700. The molecule has 0 unspecified atom stereocenters. The number of hydrogen-bond acceptors (Lipinski definition) is 2. The van der Waals surface area contributed by atoms with Gasteiger partial charge in [0.05, 0.1) is 11.1 Å². The fourth-order valence-electron chi connectivity index (χ4n) is 0.547. The molecule has 2 nitrogen and oxygen atoms in total. The second-order valence-electron chi connectivity index (χ2n) is 1.77. The van der Waals surface area contributed by atoms with Crippen molar-refractivity contribution in [2.45, 2.75) is 6.61 Å². The van der Waals surface area contributed by atoms with Gasteiger partial charge in [-0.15, -0.1) is 0 Å². The van der Waals surface area contributed by atoms with E-state index in [0.717, 1.165) is 14.6 Å². The van der Waals surface area contributed by atoms with Gasteiger partial charge in [0.25, 0.3) is 0 Å². The number of pyridine rings is 1. The quantitative estimate of drug-likeness (QED) is 0.790. The summed E-state index contributed by atoms with van der Waals surface area (Å²) in [5.41, 5.74) is 0.801. The van der Waals surface area contributed by atoms with Gasteiger partial charge in [0.15, 0.2) is 0 Å². The van der Waals surface area contributed by atoms with E-state index in [0.29, 0.717) is 0 Å². The minimum absolute atomic E-state index is 0.0267. The van der Waals surface area contributed by atoms with Crippen LogP contribution in [0.3, 0.4) is 0 Å². The molecule has 1 heterocycles. The summed E-state index contributed by atoms with van der Waals surface area (Å²) in [5, 5.41) is 8.68. The number of hydrogen-bond donors (Lipinski definition) is 1.